The zero-order valence-corrected chi connectivity index (χ0v) is 10.6. The first-order chi connectivity index (χ1) is 8.02. The minimum atomic E-state index is -0.321. The molecule has 1 aromatic rings. The number of halogens is 1. The van der Waals surface area contributed by atoms with E-state index < -0.39 is 0 Å². The Morgan fingerprint density at radius 1 is 1.47 bits per heavy atom. The number of ether oxygens (including phenoxy) is 1. The molecule has 17 heavy (non-hydrogen) atoms. The second-order valence-corrected chi connectivity index (χ2v) is 4.33. The molecule has 0 amide bonds. The Hall–Kier alpha value is -1.13. The maximum absolute atomic E-state index is 13.6. The number of hydrogen-bond donors (Lipinski definition) is 1. The first-order valence-corrected chi connectivity index (χ1v) is 5.72. The normalized spacial score (nSPS) is 12.8. The van der Waals surface area contributed by atoms with Crippen LogP contribution in [0.4, 0.5) is 4.39 Å². The summed E-state index contributed by atoms with van der Waals surface area (Å²) in [5.41, 5.74) is 0.638. The smallest absolute Gasteiger partial charge is 0.131 e. The van der Waals surface area contributed by atoms with E-state index in [2.05, 4.69) is 0 Å². The van der Waals surface area contributed by atoms with Crippen LogP contribution in [0.5, 0.6) is 5.75 Å². The van der Waals surface area contributed by atoms with Gasteiger partial charge in [-0.15, -0.1) is 0 Å². The van der Waals surface area contributed by atoms with Crippen molar-refractivity contribution in [2.45, 2.75) is 26.0 Å². The van der Waals surface area contributed by atoms with Gasteiger partial charge in [0.15, 0.2) is 0 Å². The second kappa shape index (κ2) is 6.57. The van der Waals surface area contributed by atoms with E-state index in [1.165, 1.54) is 13.2 Å². The van der Waals surface area contributed by atoms with Crippen molar-refractivity contribution in [3.63, 3.8) is 0 Å². The highest BCUT2D eigenvalue weighted by molar-refractivity contribution is 5.28. The minimum absolute atomic E-state index is 0.256. The van der Waals surface area contributed by atoms with E-state index in [0.29, 0.717) is 24.3 Å². The quantitative estimate of drug-likeness (QED) is 0.827. The predicted octanol–water partition coefficient (Wildman–Crippen LogP) is 2.04. The Balaban J connectivity index is 2.56. The molecule has 3 nitrogen and oxygen atoms in total. The molecule has 0 aromatic heterocycles. The molecule has 4 heteroatoms. The van der Waals surface area contributed by atoms with Crippen molar-refractivity contribution in [1.29, 1.82) is 0 Å². The maximum Gasteiger partial charge on any atom is 0.131 e. The fourth-order valence-corrected chi connectivity index (χ4v) is 1.56. The van der Waals surface area contributed by atoms with Crippen LogP contribution in [-0.4, -0.2) is 36.8 Å². The summed E-state index contributed by atoms with van der Waals surface area (Å²) in [5, 5.41) is 9.17. The van der Waals surface area contributed by atoms with Crippen molar-refractivity contribution in [1.82, 2.24) is 4.90 Å². The first kappa shape index (κ1) is 13.9. The van der Waals surface area contributed by atoms with Crippen LogP contribution in [0.3, 0.4) is 0 Å². The number of nitrogens with zero attached hydrogens (tertiary/aromatic N) is 1. The van der Waals surface area contributed by atoms with Crippen molar-refractivity contribution >= 4 is 0 Å². The Bertz CT molecular complexity index is 355. The Morgan fingerprint density at radius 2 is 2.18 bits per heavy atom. The molecule has 0 aliphatic carbocycles. The van der Waals surface area contributed by atoms with Gasteiger partial charge in [0.2, 0.25) is 0 Å². The van der Waals surface area contributed by atoms with E-state index in [0.717, 1.165) is 6.54 Å². The van der Waals surface area contributed by atoms with E-state index >= 15 is 0 Å². The fraction of sp³-hybridized carbons (Fsp3) is 0.538. The second-order valence-electron chi connectivity index (χ2n) is 4.33. The molecule has 0 saturated heterocycles. The molecule has 1 N–H and O–H groups in total. The predicted molar refractivity (Wildman–Crippen MR) is 65.6 cm³/mol. The molecule has 0 spiro atoms. The molecule has 1 atom stereocenters. The zero-order valence-electron chi connectivity index (χ0n) is 10.6. The molecule has 0 bridgehead atoms. The molecule has 1 rings (SSSR count). The van der Waals surface area contributed by atoms with Crippen molar-refractivity contribution in [2.75, 3.05) is 20.7 Å². The molecule has 0 radical (unpaired) electrons. The van der Waals surface area contributed by atoms with Gasteiger partial charge in [0.1, 0.15) is 11.6 Å². The number of aliphatic hydroxyl groups excluding tert-OH is 1. The molecule has 1 unspecified atom stereocenters. The summed E-state index contributed by atoms with van der Waals surface area (Å²) in [7, 11) is 3.43. The van der Waals surface area contributed by atoms with Gasteiger partial charge in [-0.2, -0.15) is 0 Å². The lowest BCUT2D eigenvalue weighted by atomic mass is 10.2. The highest BCUT2D eigenvalue weighted by Gasteiger charge is 2.07. The topological polar surface area (TPSA) is 32.7 Å². The number of methoxy groups -OCH3 is 1. The molecule has 96 valence electrons. The van der Waals surface area contributed by atoms with Crippen LogP contribution in [0.15, 0.2) is 18.2 Å². The van der Waals surface area contributed by atoms with Gasteiger partial charge >= 0.3 is 0 Å². The van der Waals surface area contributed by atoms with Gasteiger partial charge in [0.05, 0.1) is 13.2 Å². The summed E-state index contributed by atoms with van der Waals surface area (Å²) >= 11 is 0. The molecule has 0 aliphatic heterocycles. The third-order valence-corrected chi connectivity index (χ3v) is 2.63. The average molecular weight is 241 g/mol. The number of aliphatic hydroxyl groups is 1. The van der Waals surface area contributed by atoms with Crippen molar-refractivity contribution in [3.8, 4) is 5.75 Å². The molecule has 0 heterocycles. The van der Waals surface area contributed by atoms with E-state index in [4.69, 9.17) is 4.74 Å². The van der Waals surface area contributed by atoms with Crippen LogP contribution < -0.4 is 4.74 Å². The lowest BCUT2D eigenvalue weighted by molar-refractivity contribution is 0.162. The van der Waals surface area contributed by atoms with Crippen LogP contribution in [0.25, 0.3) is 0 Å². The van der Waals surface area contributed by atoms with Crippen molar-refractivity contribution < 1.29 is 14.2 Å². The van der Waals surface area contributed by atoms with E-state index in [9.17, 15) is 9.50 Å². The van der Waals surface area contributed by atoms with Gasteiger partial charge in [0.25, 0.3) is 0 Å². The summed E-state index contributed by atoms with van der Waals surface area (Å²) in [4.78, 5) is 1.98. The molecule has 0 aliphatic rings. The number of benzene rings is 1. The average Bonchev–Trinajstić information content (AvgIpc) is 2.29. The molecular weight excluding hydrogens is 221 g/mol. The molecular formula is C13H20FNO2. The summed E-state index contributed by atoms with van der Waals surface area (Å²) < 4.78 is 18.6. The van der Waals surface area contributed by atoms with Gasteiger partial charge in [-0.05, 0) is 26.5 Å². The molecule has 1 aromatic carbocycles. The van der Waals surface area contributed by atoms with Crippen molar-refractivity contribution in [3.05, 3.63) is 29.6 Å². The summed E-state index contributed by atoms with van der Waals surface area (Å²) in [6.07, 6.45) is 0.368. The van der Waals surface area contributed by atoms with Gasteiger partial charge in [-0.25, -0.2) is 4.39 Å². The minimum Gasteiger partial charge on any atom is -0.497 e. The van der Waals surface area contributed by atoms with Crippen LogP contribution >= 0.6 is 0 Å². The Kier molecular flexibility index (Phi) is 5.38. The monoisotopic (exact) mass is 241 g/mol. The van der Waals surface area contributed by atoms with E-state index in [1.54, 1.807) is 19.1 Å². The van der Waals surface area contributed by atoms with Gasteiger partial charge in [-0.1, -0.05) is 6.07 Å². The largest absolute Gasteiger partial charge is 0.497 e. The lowest BCUT2D eigenvalue weighted by Gasteiger charge is -2.18. The lowest BCUT2D eigenvalue weighted by Crippen LogP contribution is -2.22. The zero-order chi connectivity index (χ0) is 12.8. The Labute approximate surface area is 102 Å². The van der Waals surface area contributed by atoms with Crippen LogP contribution in [-0.2, 0) is 6.54 Å². The van der Waals surface area contributed by atoms with Gasteiger partial charge < -0.3 is 14.7 Å². The third kappa shape index (κ3) is 4.71. The third-order valence-electron chi connectivity index (χ3n) is 2.63. The molecule has 0 fully saturated rings. The van der Waals surface area contributed by atoms with Gasteiger partial charge in [0, 0.05) is 24.7 Å². The SMILES string of the molecule is COc1ccc(CN(C)CCC(C)O)c(F)c1. The van der Waals surface area contributed by atoms with Crippen LogP contribution in [0.2, 0.25) is 0 Å². The molecule has 0 saturated carbocycles. The fourth-order valence-electron chi connectivity index (χ4n) is 1.56. The Morgan fingerprint density at radius 3 is 2.71 bits per heavy atom. The number of rotatable bonds is 6. The standard InChI is InChI=1S/C13H20FNO2/c1-10(16)6-7-15(2)9-11-4-5-12(17-3)8-13(11)14/h4-5,8,10,16H,6-7,9H2,1-3H3. The van der Waals surface area contributed by atoms with Crippen LogP contribution in [0, 0.1) is 5.82 Å². The van der Waals surface area contributed by atoms with E-state index in [-0.39, 0.29) is 11.9 Å². The van der Waals surface area contributed by atoms with Crippen molar-refractivity contribution in [2.24, 2.45) is 0 Å². The maximum atomic E-state index is 13.6. The summed E-state index contributed by atoms with van der Waals surface area (Å²) in [5.74, 6) is 0.270. The highest BCUT2D eigenvalue weighted by atomic mass is 19.1. The first-order valence-electron chi connectivity index (χ1n) is 5.72. The van der Waals surface area contributed by atoms with Gasteiger partial charge in [-0.3, -0.25) is 0 Å². The highest BCUT2D eigenvalue weighted by Crippen LogP contribution is 2.17. The number of hydrogen-bond acceptors (Lipinski definition) is 3. The summed E-state index contributed by atoms with van der Waals surface area (Å²) in [6.45, 7) is 3.02. The van der Waals surface area contributed by atoms with E-state index in [1.807, 2.05) is 11.9 Å². The summed E-state index contributed by atoms with van der Waals surface area (Å²) in [6, 6.07) is 4.87. The van der Waals surface area contributed by atoms with Crippen LogP contribution in [0.1, 0.15) is 18.9 Å².